The number of nitro groups is 1. The van der Waals surface area contributed by atoms with E-state index in [1.165, 1.54) is 24.3 Å². The Labute approximate surface area is 79.6 Å². The van der Waals surface area contributed by atoms with Gasteiger partial charge in [0.05, 0.1) is 4.92 Å². The molecule has 72 valence electrons. The van der Waals surface area contributed by atoms with E-state index < -0.39 is 18.6 Å². The van der Waals surface area contributed by atoms with Crippen LogP contribution >= 0.6 is 0 Å². The predicted molar refractivity (Wildman–Crippen MR) is 47.9 cm³/mol. The summed E-state index contributed by atoms with van der Waals surface area (Å²) in [7, 11) is -0.801. The van der Waals surface area contributed by atoms with Gasteiger partial charge in [-0.1, -0.05) is 12.1 Å². The van der Waals surface area contributed by atoms with Gasteiger partial charge in [-0.15, -0.1) is 0 Å². The van der Waals surface area contributed by atoms with Gasteiger partial charge < -0.3 is 9.68 Å². The molecule has 0 aliphatic rings. The molecule has 1 aromatic rings. The molecule has 6 nitrogen and oxygen atoms in total. The summed E-state index contributed by atoms with van der Waals surface area (Å²) in [6.45, 7) is 0. The van der Waals surface area contributed by atoms with Gasteiger partial charge in [-0.3, -0.25) is 10.1 Å². The standard InChI is InChI=1S/C7H6BNO5/c10-7(14-8-11)5-3-1-2-4-6(5)9(12)13/h1-4,8,11H. The Morgan fingerprint density at radius 2 is 2.14 bits per heavy atom. The normalized spacial score (nSPS) is 9.21. The molecule has 0 atom stereocenters. The summed E-state index contributed by atoms with van der Waals surface area (Å²) in [5, 5.41) is 18.8. The Bertz CT molecular complexity index is 367. The van der Waals surface area contributed by atoms with Crippen LogP contribution in [0.5, 0.6) is 0 Å². The van der Waals surface area contributed by atoms with Gasteiger partial charge in [-0.05, 0) is 6.07 Å². The van der Waals surface area contributed by atoms with Crippen LogP contribution in [-0.4, -0.2) is 23.6 Å². The van der Waals surface area contributed by atoms with Gasteiger partial charge >= 0.3 is 13.7 Å². The molecule has 1 aromatic carbocycles. The lowest BCUT2D eigenvalue weighted by atomic mass is 10.2. The van der Waals surface area contributed by atoms with Gasteiger partial charge in [0.2, 0.25) is 0 Å². The molecule has 14 heavy (non-hydrogen) atoms. The van der Waals surface area contributed by atoms with Crippen LogP contribution in [0.3, 0.4) is 0 Å². The summed E-state index contributed by atoms with van der Waals surface area (Å²) in [5.74, 6) is -0.917. The number of nitro benzene ring substituents is 1. The fourth-order valence-electron chi connectivity index (χ4n) is 0.942. The number of benzene rings is 1. The minimum Gasteiger partial charge on any atom is -0.508 e. The van der Waals surface area contributed by atoms with Crippen molar-refractivity contribution >= 4 is 19.3 Å². The molecular formula is C7H6BNO5. The van der Waals surface area contributed by atoms with Crippen molar-refractivity contribution < 1.29 is 19.4 Å². The maximum absolute atomic E-state index is 11.1. The Kier molecular flexibility index (Phi) is 3.19. The van der Waals surface area contributed by atoms with Crippen molar-refractivity contribution in [2.45, 2.75) is 0 Å². The van der Waals surface area contributed by atoms with Crippen LogP contribution in [0.1, 0.15) is 10.4 Å². The van der Waals surface area contributed by atoms with Gasteiger partial charge in [-0.2, -0.15) is 0 Å². The Balaban J connectivity index is 3.07. The average Bonchev–Trinajstić information content (AvgIpc) is 2.18. The van der Waals surface area contributed by atoms with Crippen LogP contribution in [0.25, 0.3) is 0 Å². The van der Waals surface area contributed by atoms with E-state index in [0.717, 1.165) is 0 Å². The van der Waals surface area contributed by atoms with E-state index in [-0.39, 0.29) is 11.3 Å². The molecule has 1 N–H and O–H groups in total. The van der Waals surface area contributed by atoms with Crippen molar-refractivity contribution in [1.82, 2.24) is 0 Å². The van der Waals surface area contributed by atoms with Crippen molar-refractivity contribution in [1.29, 1.82) is 0 Å². The molecule has 0 aromatic heterocycles. The topological polar surface area (TPSA) is 89.7 Å². The third-order valence-electron chi connectivity index (χ3n) is 1.52. The highest BCUT2D eigenvalue weighted by Crippen LogP contribution is 2.17. The van der Waals surface area contributed by atoms with E-state index in [1.54, 1.807) is 0 Å². The number of nitrogens with zero attached hydrogens (tertiary/aromatic N) is 1. The third-order valence-corrected chi connectivity index (χ3v) is 1.52. The van der Waals surface area contributed by atoms with Gasteiger partial charge in [0.25, 0.3) is 5.69 Å². The largest absolute Gasteiger partial charge is 0.508 e. The van der Waals surface area contributed by atoms with Gasteiger partial charge in [0, 0.05) is 6.07 Å². The first-order valence-electron chi connectivity index (χ1n) is 3.68. The van der Waals surface area contributed by atoms with Crippen LogP contribution in [-0.2, 0) is 4.65 Å². The average molecular weight is 195 g/mol. The lowest BCUT2D eigenvalue weighted by Gasteiger charge is -2.00. The van der Waals surface area contributed by atoms with Crippen molar-refractivity contribution in [2.24, 2.45) is 0 Å². The fraction of sp³-hybridized carbons (Fsp3) is 0. The van der Waals surface area contributed by atoms with E-state index >= 15 is 0 Å². The fourth-order valence-corrected chi connectivity index (χ4v) is 0.942. The smallest absolute Gasteiger partial charge is 0.506 e. The maximum atomic E-state index is 11.1. The number of carbonyl (C=O) groups excluding carboxylic acids is 1. The molecular weight excluding hydrogens is 189 g/mol. The van der Waals surface area contributed by atoms with Crippen LogP contribution in [0.4, 0.5) is 5.69 Å². The highest BCUT2D eigenvalue weighted by atomic mass is 16.6. The molecule has 0 fully saturated rings. The molecule has 0 bridgehead atoms. The summed E-state index contributed by atoms with van der Waals surface area (Å²) < 4.78 is 4.23. The highest BCUT2D eigenvalue weighted by Gasteiger charge is 2.19. The van der Waals surface area contributed by atoms with Crippen LogP contribution < -0.4 is 0 Å². The molecule has 0 aliphatic carbocycles. The number of carbonyl (C=O) groups is 1. The van der Waals surface area contributed by atoms with E-state index in [1.807, 2.05) is 0 Å². The summed E-state index contributed by atoms with van der Waals surface area (Å²) in [6.07, 6.45) is 0. The molecule has 0 saturated carbocycles. The zero-order valence-corrected chi connectivity index (χ0v) is 7.04. The zero-order valence-electron chi connectivity index (χ0n) is 7.04. The zero-order chi connectivity index (χ0) is 10.6. The lowest BCUT2D eigenvalue weighted by molar-refractivity contribution is -0.385. The number of hydrogen-bond donors (Lipinski definition) is 1. The van der Waals surface area contributed by atoms with Crippen molar-refractivity contribution in [3.8, 4) is 0 Å². The maximum Gasteiger partial charge on any atom is 0.506 e. The van der Waals surface area contributed by atoms with Gasteiger partial charge in [0.15, 0.2) is 0 Å². The van der Waals surface area contributed by atoms with E-state index in [9.17, 15) is 14.9 Å². The van der Waals surface area contributed by atoms with Crippen molar-refractivity contribution in [3.63, 3.8) is 0 Å². The van der Waals surface area contributed by atoms with Crippen LogP contribution in [0, 0.1) is 10.1 Å². The monoisotopic (exact) mass is 195 g/mol. The predicted octanol–water partition coefficient (Wildman–Crippen LogP) is 0.0104. The summed E-state index contributed by atoms with van der Waals surface area (Å²) in [5.41, 5.74) is -0.516. The van der Waals surface area contributed by atoms with Crippen molar-refractivity contribution in [2.75, 3.05) is 0 Å². The molecule has 0 spiro atoms. The molecule has 1 rings (SSSR count). The summed E-state index contributed by atoms with van der Waals surface area (Å²) in [6, 6.07) is 5.36. The molecule has 0 amide bonds. The highest BCUT2D eigenvalue weighted by molar-refractivity contribution is 6.22. The quantitative estimate of drug-likeness (QED) is 0.416. The number of hydrogen-bond acceptors (Lipinski definition) is 5. The Morgan fingerprint density at radius 3 is 2.71 bits per heavy atom. The number of rotatable bonds is 3. The molecule has 0 radical (unpaired) electrons. The summed E-state index contributed by atoms with van der Waals surface area (Å²) >= 11 is 0. The number of para-hydroxylation sites is 1. The Morgan fingerprint density at radius 1 is 1.50 bits per heavy atom. The lowest BCUT2D eigenvalue weighted by Crippen LogP contribution is -2.10. The van der Waals surface area contributed by atoms with Crippen LogP contribution in [0.15, 0.2) is 24.3 Å². The molecule has 0 aliphatic heterocycles. The van der Waals surface area contributed by atoms with Gasteiger partial charge in [-0.25, -0.2) is 4.79 Å². The minimum absolute atomic E-state index is 0.174. The second-order valence-corrected chi connectivity index (χ2v) is 2.34. The summed E-state index contributed by atoms with van der Waals surface area (Å²) in [4.78, 5) is 20.9. The SMILES string of the molecule is O=C(OBO)c1ccccc1[N+](=O)[O-]. The third kappa shape index (κ3) is 2.08. The first-order chi connectivity index (χ1) is 6.66. The van der Waals surface area contributed by atoms with Gasteiger partial charge in [0.1, 0.15) is 5.56 Å². The first kappa shape index (κ1) is 10.2. The second-order valence-electron chi connectivity index (χ2n) is 2.34. The minimum atomic E-state index is -0.917. The molecule has 0 saturated heterocycles. The molecule has 0 heterocycles. The van der Waals surface area contributed by atoms with Crippen molar-refractivity contribution in [3.05, 3.63) is 39.9 Å². The molecule has 0 unspecified atom stereocenters. The second kappa shape index (κ2) is 4.38. The van der Waals surface area contributed by atoms with Crippen LogP contribution in [0.2, 0.25) is 0 Å². The first-order valence-corrected chi connectivity index (χ1v) is 3.68. The Hall–Kier alpha value is -1.89. The van der Waals surface area contributed by atoms with E-state index in [4.69, 9.17) is 5.02 Å². The molecule has 7 heteroatoms. The van der Waals surface area contributed by atoms with E-state index in [2.05, 4.69) is 4.65 Å². The van der Waals surface area contributed by atoms with E-state index in [0.29, 0.717) is 0 Å².